The van der Waals surface area contributed by atoms with Crippen molar-refractivity contribution in [3.63, 3.8) is 0 Å². The van der Waals surface area contributed by atoms with Crippen molar-refractivity contribution in [2.24, 2.45) is 4.99 Å². The predicted octanol–water partition coefficient (Wildman–Crippen LogP) is 4.41. The molecule has 2 rings (SSSR count). The summed E-state index contributed by atoms with van der Waals surface area (Å²) in [6, 6.07) is 2.63. The van der Waals surface area contributed by atoms with Crippen molar-refractivity contribution in [3.05, 3.63) is 72.9 Å². The Labute approximate surface area is 163 Å². The minimum absolute atomic E-state index is 0.129. The summed E-state index contributed by atoms with van der Waals surface area (Å²) < 4.78 is 32.3. The molecule has 2 heterocycles. The molecule has 0 saturated heterocycles. The van der Waals surface area contributed by atoms with Crippen LogP contribution in [0.3, 0.4) is 0 Å². The lowest BCUT2D eigenvalue weighted by Gasteiger charge is -2.26. The molecule has 1 aliphatic rings. The van der Waals surface area contributed by atoms with E-state index >= 15 is 0 Å². The van der Waals surface area contributed by atoms with Crippen molar-refractivity contribution < 1.29 is 18.3 Å². The van der Waals surface area contributed by atoms with E-state index in [1.165, 1.54) is 24.4 Å². The highest BCUT2D eigenvalue weighted by molar-refractivity contribution is 6.11. The molecule has 0 atom stereocenters. The predicted molar refractivity (Wildman–Crippen MR) is 105 cm³/mol. The van der Waals surface area contributed by atoms with Crippen molar-refractivity contribution >= 4 is 11.6 Å². The van der Waals surface area contributed by atoms with Crippen LogP contribution in [0.15, 0.2) is 72.2 Å². The second-order valence-electron chi connectivity index (χ2n) is 6.22. The highest BCUT2D eigenvalue weighted by Gasteiger charge is 2.26. The first-order chi connectivity index (χ1) is 13.3. The van der Waals surface area contributed by atoms with Gasteiger partial charge in [0.15, 0.2) is 0 Å². The van der Waals surface area contributed by atoms with Gasteiger partial charge in [-0.25, -0.2) is 0 Å². The van der Waals surface area contributed by atoms with Gasteiger partial charge in [0.25, 0.3) is 5.92 Å². The third kappa shape index (κ3) is 5.45. The molecule has 1 aliphatic heterocycles. The summed E-state index contributed by atoms with van der Waals surface area (Å²) in [5, 5.41) is 0. The van der Waals surface area contributed by atoms with Gasteiger partial charge in [-0.15, -0.1) is 0 Å². The number of aromatic nitrogens is 1. The first kappa shape index (κ1) is 21.2. The zero-order valence-electron chi connectivity index (χ0n) is 16.0. The second-order valence-corrected chi connectivity index (χ2v) is 6.22. The number of halogens is 2. The van der Waals surface area contributed by atoms with Gasteiger partial charge in [-0.1, -0.05) is 25.3 Å². The number of alkyl halides is 2. The molecule has 7 heteroatoms. The SMILES string of the molecule is C=CC(=O)N1CC=C(/C(=N/C=C\C)C(=C)Oc2ccc(C(C)(F)F)nc2)CC1. The highest BCUT2D eigenvalue weighted by atomic mass is 19.3. The van der Waals surface area contributed by atoms with Gasteiger partial charge in [0.1, 0.15) is 22.9 Å². The minimum atomic E-state index is -3.02. The average molecular weight is 387 g/mol. The molecule has 5 nitrogen and oxygen atoms in total. The minimum Gasteiger partial charge on any atom is -0.454 e. The van der Waals surface area contributed by atoms with Crippen LogP contribution >= 0.6 is 0 Å². The maximum absolute atomic E-state index is 13.3. The van der Waals surface area contributed by atoms with Crippen LogP contribution in [0.1, 0.15) is 26.0 Å². The molecular formula is C21H23F2N3O2. The lowest BCUT2D eigenvalue weighted by Crippen LogP contribution is -2.34. The Balaban J connectivity index is 2.17. The number of pyridine rings is 1. The molecule has 0 saturated carbocycles. The molecule has 1 aromatic heterocycles. The summed E-state index contributed by atoms with van der Waals surface area (Å²) in [7, 11) is 0. The summed E-state index contributed by atoms with van der Waals surface area (Å²) in [4.78, 5) is 21.5. The van der Waals surface area contributed by atoms with E-state index in [1.54, 1.807) is 17.2 Å². The van der Waals surface area contributed by atoms with E-state index in [1.807, 2.05) is 13.0 Å². The summed E-state index contributed by atoms with van der Waals surface area (Å²) in [5.74, 6) is -2.59. The first-order valence-corrected chi connectivity index (χ1v) is 8.77. The fourth-order valence-electron chi connectivity index (χ4n) is 2.59. The number of aliphatic imine (C=N–C) groups is 1. The number of allylic oxidation sites excluding steroid dienone is 2. The lowest BCUT2D eigenvalue weighted by molar-refractivity contribution is -0.125. The van der Waals surface area contributed by atoms with Crippen molar-refractivity contribution in [3.8, 4) is 5.75 Å². The van der Waals surface area contributed by atoms with E-state index < -0.39 is 5.92 Å². The highest BCUT2D eigenvalue weighted by Crippen LogP contribution is 2.27. The molecule has 0 aromatic carbocycles. The smallest absolute Gasteiger partial charge is 0.286 e. The number of hydrogen-bond acceptors (Lipinski definition) is 4. The molecular weight excluding hydrogens is 364 g/mol. The average Bonchev–Trinajstić information content (AvgIpc) is 2.68. The van der Waals surface area contributed by atoms with Crippen LogP contribution in [-0.2, 0) is 10.7 Å². The van der Waals surface area contributed by atoms with Crippen molar-refractivity contribution in [1.29, 1.82) is 0 Å². The molecule has 0 spiro atoms. The Morgan fingerprint density at radius 3 is 2.68 bits per heavy atom. The van der Waals surface area contributed by atoms with Crippen LogP contribution < -0.4 is 4.74 Å². The third-order valence-corrected chi connectivity index (χ3v) is 4.04. The van der Waals surface area contributed by atoms with E-state index in [-0.39, 0.29) is 23.1 Å². The second kappa shape index (κ2) is 9.21. The number of rotatable bonds is 7. The molecule has 0 bridgehead atoms. The normalized spacial score (nSPS) is 15.4. The van der Waals surface area contributed by atoms with Crippen LogP contribution in [0.5, 0.6) is 5.75 Å². The fourth-order valence-corrected chi connectivity index (χ4v) is 2.59. The summed E-state index contributed by atoms with van der Waals surface area (Å²) >= 11 is 0. The third-order valence-electron chi connectivity index (χ3n) is 4.04. The summed E-state index contributed by atoms with van der Waals surface area (Å²) in [6.07, 6.45) is 8.37. The van der Waals surface area contributed by atoms with E-state index in [9.17, 15) is 13.6 Å². The van der Waals surface area contributed by atoms with Crippen LogP contribution in [0.4, 0.5) is 8.78 Å². The molecule has 0 N–H and O–H groups in total. The van der Waals surface area contributed by atoms with E-state index in [2.05, 4.69) is 23.1 Å². The molecule has 0 unspecified atom stereocenters. The number of nitrogens with zero attached hydrogens (tertiary/aromatic N) is 3. The fraction of sp³-hybridized carbons (Fsp3) is 0.286. The van der Waals surface area contributed by atoms with Gasteiger partial charge in [-0.2, -0.15) is 8.78 Å². The number of ether oxygens (including phenoxy) is 1. The monoisotopic (exact) mass is 387 g/mol. The van der Waals surface area contributed by atoms with Gasteiger partial charge in [-0.05, 0) is 37.1 Å². The quantitative estimate of drug-likeness (QED) is 0.396. The van der Waals surface area contributed by atoms with Gasteiger partial charge in [-0.3, -0.25) is 14.8 Å². The van der Waals surface area contributed by atoms with E-state index in [0.717, 1.165) is 12.5 Å². The van der Waals surface area contributed by atoms with Crippen molar-refractivity contribution in [2.45, 2.75) is 26.2 Å². The van der Waals surface area contributed by atoms with Crippen LogP contribution in [0, 0.1) is 0 Å². The number of carbonyl (C=O) groups is 1. The standard InChI is InChI=1S/C21H23F2N3O2/c1-5-11-24-20(16-9-12-26(13-10-16)19(27)6-2)15(3)28-17-7-8-18(25-14-17)21(4,22)23/h5-9,11,14H,2-3,10,12-13H2,1,4H3/b11-5-,24-20+. The van der Waals surface area contributed by atoms with Gasteiger partial charge in [0, 0.05) is 26.2 Å². The molecule has 148 valence electrons. The van der Waals surface area contributed by atoms with E-state index in [4.69, 9.17) is 4.74 Å². The molecule has 1 amide bonds. The molecule has 0 aliphatic carbocycles. The van der Waals surface area contributed by atoms with Crippen LogP contribution in [0.25, 0.3) is 0 Å². The maximum atomic E-state index is 13.3. The Kier molecular flexibility index (Phi) is 6.98. The number of amides is 1. The maximum Gasteiger partial charge on any atom is 0.286 e. The number of carbonyl (C=O) groups excluding carboxylic acids is 1. The Morgan fingerprint density at radius 2 is 2.18 bits per heavy atom. The Morgan fingerprint density at radius 1 is 1.43 bits per heavy atom. The summed E-state index contributed by atoms with van der Waals surface area (Å²) in [6.45, 7) is 11.0. The Bertz CT molecular complexity index is 834. The largest absolute Gasteiger partial charge is 0.454 e. The molecule has 0 radical (unpaired) electrons. The van der Waals surface area contributed by atoms with E-state index in [0.29, 0.717) is 25.2 Å². The first-order valence-electron chi connectivity index (χ1n) is 8.77. The summed E-state index contributed by atoms with van der Waals surface area (Å²) in [5.41, 5.74) is 1.09. The van der Waals surface area contributed by atoms with Gasteiger partial charge < -0.3 is 9.64 Å². The van der Waals surface area contributed by atoms with Crippen molar-refractivity contribution in [2.75, 3.05) is 13.1 Å². The van der Waals surface area contributed by atoms with Gasteiger partial charge in [0.05, 0.1) is 6.20 Å². The molecule has 1 aromatic rings. The van der Waals surface area contributed by atoms with Crippen LogP contribution in [0.2, 0.25) is 0 Å². The lowest BCUT2D eigenvalue weighted by atomic mass is 10.0. The molecule has 28 heavy (non-hydrogen) atoms. The van der Waals surface area contributed by atoms with Gasteiger partial charge in [0.2, 0.25) is 5.91 Å². The zero-order valence-corrected chi connectivity index (χ0v) is 16.0. The zero-order chi connectivity index (χ0) is 20.7. The van der Waals surface area contributed by atoms with Gasteiger partial charge >= 0.3 is 0 Å². The van der Waals surface area contributed by atoms with Crippen LogP contribution in [-0.4, -0.2) is 34.6 Å². The molecule has 0 fully saturated rings. The topological polar surface area (TPSA) is 54.8 Å². The Hall–Kier alpha value is -3.09. The number of hydrogen-bond donors (Lipinski definition) is 0. The van der Waals surface area contributed by atoms with Crippen molar-refractivity contribution in [1.82, 2.24) is 9.88 Å².